The quantitative estimate of drug-likeness (QED) is 0.353. The van der Waals surface area contributed by atoms with Gasteiger partial charge in [0.25, 0.3) is 5.91 Å². The Hall–Kier alpha value is -4.37. The van der Waals surface area contributed by atoms with Crippen molar-refractivity contribution in [1.82, 2.24) is 24.8 Å². The van der Waals surface area contributed by atoms with Crippen LogP contribution in [0.2, 0.25) is 0 Å². The Morgan fingerprint density at radius 2 is 1.88 bits per heavy atom. The van der Waals surface area contributed by atoms with Crippen molar-refractivity contribution in [2.75, 3.05) is 5.32 Å². The molecule has 0 bridgehead atoms. The molecule has 4 atom stereocenters. The van der Waals surface area contributed by atoms with Crippen LogP contribution in [0.1, 0.15) is 89.3 Å². The van der Waals surface area contributed by atoms with Crippen LogP contribution in [-0.2, 0) is 28.7 Å². The molecule has 3 aliphatic rings. The molecule has 3 N–H and O–H groups in total. The molecule has 2 aliphatic heterocycles. The average molecular weight is 549 g/mol. The van der Waals surface area contributed by atoms with Gasteiger partial charge in [-0.15, -0.1) is 0 Å². The third kappa shape index (κ3) is 3.98. The number of amides is 2. The van der Waals surface area contributed by atoms with Crippen molar-refractivity contribution >= 4 is 17.6 Å². The molecule has 0 saturated carbocycles. The van der Waals surface area contributed by atoms with Gasteiger partial charge in [-0.3, -0.25) is 9.59 Å². The first-order valence-corrected chi connectivity index (χ1v) is 14.1. The monoisotopic (exact) mass is 548 g/mol. The van der Waals surface area contributed by atoms with Gasteiger partial charge in [0, 0.05) is 29.3 Å². The number of rotatable bonds is 4. The molecular formula is C32H32N6O3. The van der Waals surface area contributed by atoms with E-state index in [1.54, 1.807) is 26.2 Å². The summed E-state index contributed by atoms with van der Waals surface area (Å²) in [4.78, 5) is 39.9. The smallest absolute Gasteiger partial charge is 0.251 e. The summed E-state index contributed by atoms with van der Waals surface area (Å²) in [6, 6.07) is 15.7. The third-order valence-electron chi connectivity index (χ3n) is 9.12. The van der Waals surface area contributed by atoms with Crippen molar-refractivity contribution in [3.8, 4) is 0 Å². The SMILES string of the molecule is C[C@@H]1[C@H](c2ccccc2)C[C@H](NC(=O)c2ccc3c(c2)C[C@@]2(C3)C(=O)Nc3ncncc32)c2ncc(C(C)(C)O)n21. The van der Waals surface area contributed by atoms with Crippen LogP contribution in [0.15, 0.2) is 67.3 Å². The lowest BCUT2D eigenvalue weighted by molar-refractivity contribution is -0.120. The molecule has 7 rings (SSSR count). The number of aromatic nitrogens is 4. The fraction of sp³-hybridized carbons (Fsp3) is 0.344. The lowest BCUT2D eigenvalue weighted by atomic mass is 9.80. The van der Waals surface area contributed by atoms with Crippen molar-refractivity contribution in [3.05, 3.63) is 107 Å². The van der Waals surface area contributed by atoms with E-state index in [9.17, 15) is 14.7 Å². The van der Waals surface area contributed by atoms with E-state index in [1.807, 2.05) is 36.4 Å². The first-order chi connectivity index (χ1) is 19.7. The summed E-state index contributed by atoms with van der Waals surface area (Å²) >= 11 is 0. The highest BCUT2D eigenvalue weighted by Gasteiger charge is 2.51. The number of imidazole rings is 1. The number of hydrogen-bond acceptors (Lipinski definition) is 6. The topological polar surface area (TPSA) is 122 Å². The summed E-state index contributed by atoms with van der Waals surface area (Å²) in [5.41, 5.74) is 3.46. The molecule has 0 fully saturated rings. The zero-order chi connectivity index (χ0) is 28.5. The van der Waals surface area contributed by atoms with Crippen molar-refractivity contribution < 1.29 is 14.7 Å². The maximum Gasteiger partial charge on any atom is 0.251 e. The highest BCUT2D eigenvalue weighted by atomic mass is 16.3. The number of aliphatic hydroxyl groups is 1. The minimum absolute atomic E-state index is 0.0464. The fourth-order valence-electron chi connectivity index (χ4n) is 7.03. The molecule has 208 valence electrons. The normalized spacial score (nSPS) is 24.5. The van der Waals surface area contributed by atoms with Gasteiger partial charge in [-0.05, 0) is 68.9 Å². The van der Waals surface area contributed by atoms with Crippen molar-refractivity contribution in [2.24, 2.45) is 0 Å². The van der Waals surface area contributed by atoms with Crippen LogP contribution in [0, 0.1) is 0 Å². The van der Waals surface area contributed by atoms with E-state index in [4.69, 9.17) is 4.98 Å². The van der Waals surface area contributed by atoms with E-state index >= 15 is 0 Å². The highest BCUT2D eigenvalue weighted by Crippen LogP contribution is 2.47. The molecule has 4 aromatic rings. The fourth-order valence-corrected chi connectivity index (χ4v) is 7.03. The van der Waals surface area contributed by atoms with Crippen LogP contribution in [0.4, 0.5) is 5.82 Å². The summed E-state index contributed by atoms with van der Waals surface area (Å²) in [5.74, 6) is 1.16. The predicted molar refractivity (Wildman–Crippen MR) is 152 cm³/mol. The number of benzene rings is 2. The number of anilines is 1. The van der Waals surface area contributed by atoms with E-state index in [-0.39, 0.29) is 29.8 Å². The average Bonchev–Trinajstić information content (AvgIpc) is 3.65. The van der Waals surface area contributed by atoms with E-state index < -0.39 is 11.0 Å². The zero-order valence-electron chi connectivity index (χ0n) is 23.3. The molecule has 2 aromatic heterocycles. The lowest BCUT2D eigenvalue weighted by Gasteiger charge is -2.38. The number of hydrogen-bond donors (Lipinski definition) is 3. The molecule has 41 heavy (non-hydrogen) atoms. The van der Waals surface area contributed by atoms with Gasteiger partial charge < -0.3 is 20.3 Å². The third-order valence-corrected chi connectivity index (χ3v) is 9.12. The summed E-state index contributed by atoms with van der Waals surface area (Å²) in [7, 11) is 0. The molecule has 0 saturated heterocycles. The second-order valence-corrected chi connectivity index (χ2v) is 12.1. The van der Waals surface area contributed by atoms with Crippen LogP contribution >= 0.6 is 0 Å². The lowest BCUT2D eigenvalue weighted by Crippen LogP contribution is -2.38. The summed E-state index contributed by atoms with van der Waals surface area (Å²) in [5, 5.41) is 17.1. The zero-order valence-corrected chi connectivity index (χ0v) is 23.3. The van der Waals surface area contributed by atoms with Gasteiger partial charge in [-0.1, -0.05) is 36.4 Å². The van der Waals surface area contributed by atoms with E-state index in [0.717, 1.165) is 28.2 Å². The van der Waals surface area contributed by atoms with Gasteiger partial charge in [0.2, 0.25) is 5.91 Å². The second-order valence-electron chi connectivity index (χ2n) is 12.1. The molecule has 4 heterocycles. The van der Waals surface area contributed by atoms with Crippen LogP contribution in [0.25, 0.3) is 0 Å². The van der Waals surface area contributed by atoms with Gasteiger partial charge in [-0.2, -0.15) is 0 Å². The summed E-state index contributed by atoms with van der Waals surface area (Å²) in [6.45, 7) is 5.67. The highest BCUT2D eigenvalue weighted by molar-refractivity contribution is 6.06. The maximum absolute atomic E-state index is 13.7. The molecule has 9 nitrogen and oxygen atoms in total. The molecule has 2 aromatic carbocycles. The summed E-state index contributed by atoms with van der Waals surface area (Å²) in [6.07, 6.45) is 6.61. The molecule has 0 unspecified atom stereocenters. The van der Waals surface area contributed by atoms with E-state index in [0.29, 0.717) is 30.6 Å². The number of carbonyl (C=O) groups is 2. The first kappa shape index (κ1) is 25.6. The second kappa shape index (κ2) is 9.07. The first-order valence-electron chi connectivity index (χ1n) is 14.1. The number of nitrogens with zero attached hydrogens (tertiary/aromatic N) is 4. The Bertz CT molecular complexity index is 1690. The Labute approximate surface area is 238 Å². The Morgan fingerprint density at radius 3 is 2.66 bits per heavy atom. The van der Waals surface area contributed by atoms with E-state index in [1.165, 1.54) is 11.9 Å². The van der Waals surface area contributed by atoms with Gasteiger partial charge in [0.15, 0.2) is 0 Å². The molecule has 2 amide bonds. The van der Waals surface area contributed by atoms with Crippen molar-refractivity contribution in [3.63, 3.8) is 0 Å². The Balaban J connectivity index is 1.19. The summed E-state index contributed by atoms with van der Waals surface area (Å²) < 4.78 is 2.09. The number of nitrogens with one attached hydrogen (secondary N) is 2. The van der Waals surface area contributed by atoms with Gasteiger partial charge in [0.05, 0.1) is 23.3 Å². The molecule has 1 aliphatic carbocycles. The number of fused-ring (bicyclic) bond motifs is 4. The predicted octanol–water partition coefficient (Wildman–Crippen LogP) is 4.11. The van der Waals surface area contributed by atoms with Crippen molar-refractivity contribution in [1.29, 1.82) is 0 Å². The minimum Gasteiger partial charge on any atom is -0.384 e. The largest absolute Gasteiger partial charge is 0.384 e. The molecule has 9 heteroatoms. The standard InChI is InChI=1S/C32H32N6O3/c1-18-23(19-7-5-4-6-8-19)12-25(28-34-16-26(38(18)28)31(2,3)41)36-29(39)20-9-10-21-13-32(14-22(21)11-20)24-15-33-17-35-27(24)37-30(32)40/h4-11,15-18,23,25,41H,12-14H2,1-3H3,(H,36,39)(H,33,35,37,40)/t18-,23-,25+,32-/m1/s1. The Kier molecular flexibility index (Phi) is 5.66. The van der Waals surface area contributed by atoms with Crippen LogP contribution < -0.4 is 10.6 Å². The Morgan fingerprint density at radius 1 is 1.10 bits per heavy atom. The van der Waals surface area contributed by atoms with Gasteiger partial charge >= 0.3 is 0 Å². The van der Waals surface area contributed by atoms with Crippen LogP contribution in [0.5, 0.6) is 0 Å². The van der Waals surface area contributed by atoms with Gasteiger partial charge in [0.1, 0.15) is 23.6 Å². The molecule has 1 spiro atoms. The van der Waals surface area contributed by atoms with E-state index in [2.05, 4.69) is 44.2 Å². The van der Waals surface area contributed by atoms with Crippen LogP contribution in [-0.4, -0.2) is 36.4 Å². The number of carbonyl (C=O) groups excluding carboxylic acids is 2. The minimum atomic E-state index is -1.08. The molecular weight excluding hydrogens is 516 g/mol. The van der Waals surface area contributed by atoms with Crippen LogP contribution in [0.3, 0.4) is 0 Å². The van der Waals surface area contributed by atoms with Gasteiger partial charge in [-0.25, -0.2) is 15.0 Å². The van der Waals surface area contributed by atoms with Crippen molar-refractivity contribution in [2.45, 2.75) is 69.1 Å². The maximum atomic E-state index is 13.7. The molecule has 0 radical (unpaired) electrons.